The summed E-state index contributed by atoms with van der Waals surface area (Å²) in [5.74, 6) is -0.174. The SMILES string of the molecule is C=CC(Cc1ccccc1)N1C(=O)CCC1=O. The van der Waals surface area contributed by atoms with Crippen LogP contribution in [0.5, 0.6) is 0 Å². The molecule has 0 bridgehead atoms. The molecule has 2 rings (SSSR count). The molecular formula is C14H15NO2. The molecular weight excluding hydrogens is 214 g/mol. The van der Waals surface area contributed by atoms with Crippen LogP contribution in [0.3, 0.4) is 0 Å². The smallest absolute Gasteiger partial charge is 0.230 e. The number of hydrogen-bond donors (Lipinski definition) is 0. The Morgan fingerprint density at radius 3 is 2.29 bits per heavy atom. The van der Waals surface area contributed by atoms with Crippen LogP contribution in [0.1, 0.15) is 18.4 Å². The summed E-state index contributed by atoms with van der Waals surface area (Å²) in [6.07, 6.45) is 2.98. The van der Waals surface area contributed by atoms with E-state index in [1.54, 1.807) is 6.08 Å². The van der Waals surface area contributed by atoms with E-state index in [9.17, 15) is 9.59 Å². The molecule has 1 aromatic carbocycles. The molecule has 3 heteroatoms. The maximum Gasteiger partial charge on any atom is 0.230 e. The number of carbonyl (C=O) groups excluding carboxylic acids is 2. The molecule has 1 aromatic rings. The number of amides is 2. The van der Waals surface area contributed by atoms with Gasteiger partial charge in [-0.1, -0.05) is 36.4 Å². The molecule has 88 valence electrons. The van der Waals surface area contributed by atoms with E-state index in [0.29, 0.717) is 19.3 Å². The topological polar surface area (TPSA) is 37.4 Å². The highest BCUT2D eigenvalue weighted by Gasteiger charge is 2.33. The Labute approximate surface area is 101 Å². The van der Waals surface area contributed by atoms with Crippen molar-refractivity contribution in [1.29, 1.82) is 0 Å². The van der Waals surface area contributed by atoms with Gasteiger partial charge in [-0.05, 0) is 12.0 Å². The third-order valence-electron chi connectivity index (χ3n) is 2.98. The van der Waals surface area contributed by atoms with Gasteiger partial charge in [0.1, 0.15) is 0 Å². The number of imide groups is 1. The van der Waals surface area contributed by atoms with E-state index in [1.165, 1.54) is 4.90 Å². The van der Waals surface area contributed by atoms with E-state index in [0.717, 1.165) is 5.56 Å². The molecule has 2 amide bonds. The van der Waals surface area contributed by atoms with Gasteiger partial charge in [0, 0.05) is 12.8 Å². The highest BCUT2D eigenvalue weighted by Crippen LogP contribution is 2.19. The van der Waals surface area contributed by atoms with Crippen LogP contribution in [0.4, 0.5) is 0 Å². The van der Waals surface area contributed by atoms with Crippen molar-refractivity contribution in [3.8, 4) is 0 Å². The number of hydrogen-bond acceptors (Lipinski definition) is 2. The minimum absolute atomic E-state index is 0.0872. The zero-order valence-corrected chi connectivity index (χ0v) is 9.63. The second-order valence-corrected chi connectivity index (χ2v) is 4.15. The Hall–Kier alpha value is -1.90. The lowest BCUT2D eigenvalue weighted by Crippen LogP contribution is -2.39. The maximum absolute atomic E-state index is 11.6. The molecule has 17 heavy (non-hydrogen) atoms. The molecule has 1 heterocycles. The third kappa shape index (κ3) is 2.44. The molecule has 3 nitrogen and oxygen atoms in total. The summed E-state index contributed by atoms with van der Waals surface area (Å²) in [5.41, 5.74) is 1.10. The standard InChI is InChI=1S/C14H15NO2/c1-2-12(10-11-6-4-3-5-7-11)15-13(16)8-9-14(15)17/h2-7,12H,1,8-10H2. The molecule has 0 aliphatic carbocycles. The molecule has 0 aromatic heterocycles. The Balaban J connectivity index is 2.14. The summed E-state index contributed by atoms with van der Waals surface area (Å²) in [4.78, 5) is 24.6. The molecule has 0 spiro atoms. The summed E-state index contributed by atoms with van der Waals surface area (Å²) < 4.78 is 0. The van der Waals surface area contributed by atoms with Gasteiger partial charge in [0.25, 0.3) is 0 Å². The molecule has 1 aliphatic rings. The van der Waals surface area contributed by atoms with Gasteiger partial charge in [-0.3, -0.25) is 14.5 Å². The van der Waals surface area contributed by atoms with Gasteiger partial charge in [-0.25, -0.2) is 0 Å². The molecule has 1 saturated heterocycles. The summed E-state index contributed by atoms with van der Waals surface area (Å²) in [6.45, 7) is 3.72. The van der Waals surface area contributed by atoms with Crippen molar-refractivity contribution in [2.24, 2.45) is 0 Å². The first-order valence-corrected chi connectivity index (χ1v) is 5.73. The maximum atomic E-state index is 11.6. The summed E-state index contributed by atoms with van der Waals surface area (Å²) >= 11 is 0. The van der Waals surface area contributed by atoms with Crippen molar-refractivity contribution in [3.63, 3.8) is 0 Å². The molecule has 0 N–H and O–H groups in total. The van der Waals surface area contributed by atoms with Gasteiger partial charge in [0.05, 0.1) is 6.04 Å². The summed E-state index contributed by atoms with van der Waals surface area (Å²) in [6, 6.07) is 9.59. The third-order valence-corrected chi connectivity index (χ3v) is 2.98. The van der Waals surface area contributed by atoms with E-state index in [-0.39, 0.29) is 17.9 Å². The largest absolute Gasteiger partial charge is 0.275 e. The van der Waals surface area contributed by atoms with E-state index >= 15 is 0 Å². The van der Waals surface area contributed by atoms with Crippen LogP contribution in [0.2, 0.25) is 0 Å². The van der Waals surface area contributed by atoms with Gasteiger partial charge >= 0.3 is 0 Å². The molecule has 1 fully saturated rings. The quantitative estimate of drug-likeness (QED) is 0.584. The first-order valence-electron chi connectivity index (χ1n) is 5.73. The minimum atomic E-state index is -0.222. The van der Waals surface area contributed by atoms with E-state index in [2.05, 4.69) is 6.58 Å². The Kier molecular flexibility index (Phi) is 3.38. The lowest BCUT2D eigenvalue weighted by molar-refractivity contribution is -0.139. The first-order chi connectivity index (χ1) is 8.22. The van der Waals surface area contributed by atoms with Gasteiger partial charge in [-0.15, -0.1) is 6.58 Å². The van der Waals surface area contributed by atoms with Crippen molar-refractivity contribution in [3.05, 3.63) is 48.6 Å². The fourth-order valence-electron chi connectivity index (χ4n) is 2.10. The van der Waals surface area contributed by atoms with Crippen molar-refractivity contribution in [2.75, 3.05) is 0 Å². The predicted molar refractivity (Wildman–Crippen MR) is 65.2 cm³/mol. The monoisotopic (exact) mass is 229 g/mol. The highest BCUT2D eigenvalue weighted by atomic mass is 16.2. The Bertz CT molecular complexity index is 423. The highest BCUT2D eigenvalue weighted by molar-refractivity contribution is 6.02. The van der Waals surface area contributed by atoms with Crippen molar-refractivity contribution in [1.82, 2.24) is 4.90 Å². The van der Waals surface area contributed by atoms with Gasteiger partial charge in [-0.2, -0.15) is 0 Å². The second kappa shape index (κ2) is 4.95. The number of benzene rings is 1. The second-order valence-electron chi connectivity index (χ2n) is 4.15. The zero-order chi connectivity index (χ0) is 12.3. The summed E-state index contributed by atoms with van der Waals surface area (Å²) in [5, 5.41) is 0. The normalized spacial score (nSPS) is 17.3. The van der Waals surface area contributed by atoms with Crippen molar-refractivity contribution in [2.45, 2.75) is 25.3 Å². The first kappa shape index (κ1) is 11.6. The molecule has 1 atom stereocenters. The van der Waals surface area contributed by atoms with Gasteiger partial charge < -0.3 is 0 Å². The van der Waals surface area contributed by atoms with Crippen LogP contribution in [0.15, 0.2) is 43.0 Å². The minimum Gasteiger partial charge on any atom is -0.275 e. The van der Waals surface area contributed by atoms with E-state index < -0.39 is 0 Å². The van der Waals surface area contributed by atoms with Gasteiger partial charge in [0.15, 0.2) is 0 Å². The van der Waals surface area contributed by atoms with E-state index in [1.807, 2.05) is 30.3 Å². The fraction of sp³-hybridized carbons (Fsp3) is 0.286. The van der Waals surface area contributed by atoms with Crippen LogP contribution in [-0.2, 0) is 16.0 Å². The average Bonchev–Trinajstić information content (AvgIpc) is 2.68. The average molecular weight is 229 g/mol. The van der Waals surface area contributed by atoms with Crippen LogP contribution in [-0.4, -0.2) is 22.8 Å². The lowest BCUT2D eigenvalue weighted by atomic mass is 10.0. The van der Waals surface area contributed by atoms with Crippen molar-refractivity contribution < 1.29 is 9.59 Å². The van der Waals surface area contributed by atoms with Crippen LogP contribution in [0, 0.1) is 0 Å². The zero-order valence-electron chi connectivity index (χ0n) is 9.63. The molecule has 1 unspecified atom stereocenters. The molecule has 0 radical (unpaired) electrons. The summed E-state index contributed by atoms with van der Waals surface area (Å²) in [7, 11) is 0. The van der Waals surface area contributed by atoms with Crippen LogP contribution >= 0.6 is 0 Å². The Morgan fingerprint density at radius 1 is 1.18 bits per heavy atom. The van der Waals surface area contributed by atoms with E-state index in [4.69, 9.17) is 0 Å². The van der Waals surface area contributed by atoms with Gasteiger partial charge in [0.2, 0.25) is 11.8 Å². The number of rotatable bonds is 4. The fourth-order valence-corrected chi connectivity index (χ4v) is 2.10. The molecule has 1 aliphatic heterocycles. The van der Waals surface area contributed by atoms with Crippen molar-refractivity contribution >= 4 is 11.8 Å². The predicted octanol–water partition coefficient (Wildman–Crippen LogP) is 1.93. The number of carbonyl (C=O) groups is 2. The molecule has 0 saturated carbocycles. The lowest BCUT2D eigenvalue weighted by Gasteiger charge is -2.23. The number of nitrogens with zero attached hydrogens (tertiary/aromatic N) is 1. The number of likely N-dealkylation sites (tertiary alicyclic amines) is 1. The Morgan fingerprint density at radius 2 is 1.76 bits per heavy atom. The van der Waals surface area contributed by atoms with Crippen LogP contribution in [0.25, 0.3) is 0 Å². The van der Waals surface area contributed by atoms with Crippen LogP contribution < -0.4 is 0 Å².